The summed E-state index contributed by atoms with van der Waals surface area (Å²) >= 11 is 0. The predicted molar refractivity (Wildman–Crippen MR) is 41.9 cm³/mol. The summed E-state index contributed by atoms with van der Waals surface area (Å²) in [5.41, 5.74) is 6.41. The van der Waals surface area contributed by atoms with E-state index in [1.165, 1.54) is 0 Å². The van der Waals surface area contributed by atoms with E-state index in [0.717, 1.165) is 12.0 Å². The zero-order valence-electron chi connectivity index (χ0n) is 5.80. The lowest BCUT2D eigenvalue weighted by Gasteiger charge is -1.90. The highest BCUT2D eigenvalue weighted by molar-refractivity contribution is 5.19. The van der Waals surface area contributed by atoms with E-state index in [9.17, 15) is 0 Å². The van der Waals surface area contributed by atoms with Gasteiger partial charge in [-0.2, -0.15) is 0 Å². The van der Waals surface area contributed by atoms with Gasteiger partial charge in [-0.15, -0.1) is 0 Å². The molecule has 0 radical (unpaired) electrons. The fraction of sp³-hybridized carbons (Fsp3) is 0.250. The van der Waals surface area contributed by atoms with Crippen LogP contribution in [0.1, 0.15) is 13.3 Å². The lowest BCUT2D eigenvalue weighted by molar-refractivity contribution is 1.14. The molecule has 0 aromatic heterocycles. The first-order valence-corrected chi connectivity index (χ1v) is 3.05. The highest BCUT2D eigenvalue weighted by Crippen LogP contribution is 1.98. The minimum atomic E-state index is 0.973. The molecule has 0 amide bonds. The van der Waals surface area contributed by atoms with Crippen LogP contribution in [-0.2, 0) is 0 Å². The zero-order chi connectivity index (χ0) is 7.11. The average Bonchev–Trinajstić information content (AvgIpc) is 1.91. The van der Waals surface area contributed by atoms with Crippen molar-refractivity contribution in [3.8, 4) is 0 Å². The quantitative estimate of drug-likeness (QED) is 0.570. The van der Waals surface area contributed by atoms with Crippen LogP contribution in [0.15, 0.2) is 36.6 Å². The van der Waals surface area contributed by atoms with Gasteiger partial charge in [0.25, 0.3) is 0 Å². The second-order valence-electron chi connectivity index (χ2n) is 1.69. The third kappa shape index (κ3) is 3.59. The van der Waals surface area contributed by atoms with Crippen molar-refractivity contribution in [1.29, 1.82) is 0 Å². The smallest absolute Gasteiger partial charge is 0.00298 e. The Morgan fingerprint density at radius 2 is 2.33 bits per heavy atom. The van der Waals surface area contributed by atoms with Gasteiger partial charge in [0, 0.05) is 0 Å². The van der Waals surface area contributed by atoms with Gasteiger partial charge >= 0.3 is 0 Å². The number of rotatable bonds is 3. The molecule has 0 unspecified atom stereocenters. The summed E-state index contributed by atoms with van der Waals surface area (Å²) in [6, 6.07) is 0. The molecule has 1 nitrogen and oxygen atoms in total. The zero-order valence-corrected chi connectivity index (χ0v) is 5.80. The van der Waals surface area contributed by atoms with Crippen LogP contribution in [0.3, 0.4) is 0 Å². The molecule has 1 heteroatoms. The third-order valence-corrected chi connectivity index (χ3v) is 1.07. The molecule has 0 aliphatic heterocycles. The van der Waals surface area contributed by atoms with E-state index in [-0.39, 0.29) is 0 Å². The number of hydrogen-bond donors (Lipinski definition) is 1. The molecular weight excluding hydrogens is 110 g/mol. The van der Waals surface area contributed by atoms with Crippen LogP contribution in [0.2, 0.25) is 0 Å². The Morgan fingerprint density at radius 3 is 2.67 bits per heavy atom. The van der Waals surface area contributed by atoms with E-state index >= 15 is 0 Å². The van der Waals surface area contributed by atoms with Crippen LogP contribution in [0.25, 0.3) is 0 Å². The molecule has 9 heavy (non-hydrogen) atoms. The van der Waals surface area contributed by atoms with E-state index < -0.39 is 0 Å². The van der Waals surface area contributed by atoms with Gasteiger partial charge in [0.15, 0.2) is 0 Å². The summed E-state index contributed by atoms with van der Waals surface area (Å²) in [6.45, 7) is 5.61. The highest BCUT2D eigenvalue weighted by Gasteiger charge is 1.80. The first kappa shape index (κ1) is 8.02. The Morgan fingerprint density at radius 1 is 1.67 bits per heavy atom. The number of hydrogen-bond acceptors (Lipinski definition) is 1. The van der Waals surface area contributed by atoms with Gasteiger partial charge in [0.2, 0.25) is 0 Å². The van der Waals surface area contributed by atoms with Gasteiger partial charge in [0.1, 0.15) is 0 Å². The molecule has 50 valence electrons. The fourth-order valence-electron chi connectivity index (χ4n) is 0.483. The van der Waals surface area contributed by atoms with E-state index in [1.807, 2.05) is 12.2 Å². The first-order chi connectivity index (χ1) is 4.35. The topological polar surface area (TPSA) is 26.0 Å². The van der Waals surface area contributed by atoms with Crippen molar-refractivity contribution in [1.82, 2.24) is 0 Å². The minimum Gasteiger partial charge on any atom is -0.404 e. The number of nitrogens with two attached hydrogens (primary N) is 1. The van der Waals surface area contributed by atoms with Gasteiger partial charge in [-0.1, -0.05) is 31.7 Å². The molecule has 0 heterocycles. The Labute approximate surface area is 56.6 Å². The van der Waals surface area contributed by atoms with Crippen molar-refractivity contribution >= 4 is 0 Å². The van der Waals surface area contributed by atoms with Crippen molar-refractivity contribution in [3.05, 3.63) is 36.6 Å². The molecule has 0 saturated carbocycles. The molecule has 0 rings (SSSR count). The third-order valence-electron chi connectivity index (χ3n) is 1.07. The summed E-state index contributed by atoms with van der Waals surface area (Å²) in [4.78, 5) is 0. The molecule has 0 fully saturated rings. The molecule has 0 aromatic carbocycles. The van der Waals surface area contributed by atoms with Gasteiger partial charge in [0.05, 0.1) is 0 Å². The molecule has 0 atom stereocenters. The maximum absolute atomic E-state index is 5.28. The molecular formula is C8H13N. The van der Waals surface area contributed by atoms with Crippen LogP contribution in [-0.4, -0.2) is 0 Å². The van der Waals surface area contributed by atoms with Gasteiger partial charge in [-0.05, 0) is 18.2 Å². The fourth-order valence-corrected chi connectivity index (χ4v) is 0.483. The normalized spacial score (nSPS) is 12.3. The maximum atomic E-state index is 5.28. The minimum absolute atomic E-state index is 0.973. The van der Waals surface area contributed by atoms with E-state index in [2.05, 4.69) is 13.5 Å². The van der Waals surface area contributed by atoms with Crippen molar-refractivity contribution < 1.29 is 0 Å². The summed E-state index contributed by atoms with van der Waals surface area (Å²) in [7, 11) is 0. The largest absolute Gasteiger partial charge is 0.404 e. The van der Waals surface area contributed by atoms with Crippen LogP contribution >= 0.6 is 0 Å². The average molecular weight is 123 g/mol. The first-order valence-electron chi connectivity index (χ1n) is 3.05. The van der Waals surface area contributed by atoms with Crippen LogP contribution in [0, 0.1) is 0 Å². The van der Waals surface area contributed by atoms with Crippen LogP contribution in [0.4, 0.5) is 0 Å². The predicted octanol–water partition coefficient (Wildman–Crippen LogP) is 1.98. The summed E-state index contributed by atoms with van der Waals surface area (Å²) in [6.07, 6.45) is 8.15. The monoisotopic (exact) mass is 123 g/mol. The SMILES string of the molecule is C=C/C=C\C(=C/N)CC. The Hall–Kier alpha value is -0.980. The van der Waals surface area contributed by atoms with E-state index in [4.69, 9.17) is 5.73 Å². The second kappa shape index (κ2) is 5.16. The Bertz CT molecular complexity index is 132. The highest BCUT2D eigenvalue weighted by atomic mass is 14.5. The van der Waals surface area contributed by atoms with E-state index in [0.29, 0.717) is 0 Å². The van der Waals surface area contributed by atoms with Gasteiger partial charge in [-0.3, -0.25) is 0 Å². The Kier molecular flexibility index (Phi) is 4.60. The van der Waals surface area contributed by atoms with Crippen molar-refractivity contribution in [2.45, 2.75) is 13.3 Å². The van der Waals surface area contributed by atoms with Crippen LogP contribution < -0.4 is 5.73 Å². The van der Waals surface area contributed by atoms with E-state index in [1.54, 1.807) is 12.3 Å². The summed E-state index contributed by atoms with van der Waals surface area (Å²) in [5.74, 6) is 0. The van der Waals surface area contributed by atoms with Crippen molar-refractivity contribution in [2.75, 3.05) is 0 Å². The molecule has 0 saturated heterocycles. The molecule has 0 aliphatic carbocycles. The molecule has 0 spiro atoms. The number of allylic oxidation sites excluding steroid dienone is 4. The molecule has 2 N–H and O–H groups in total. The Balaban J connectivity index is 3.84. The summed E-state index contributed by atoms with van der Waals surface area (Å²) < 4.78 is 0. The lowest BCUT2D eigenvalue weighted by Crippen LogP contribution is -1.82. The van der Waals surface area contributed by atoms with Crippen molar-refractivity contribution in [2.24, 2.45) is 5.73 Å². The summed E-state index contributed by atoms with van der Waals surface area (Å²) in [5, 5.41) is 0. The molecule has 0 aromatic rings. The lowest BCUT2D eigenvalue weighted by atomic mass is 10.2. The second-order valence-corrected chi connectivity index (χ2v) is 1.69. The standard InChI is InChI=1S/C8H13N/c1-3-5-6-8(4-2)7-9/h3,5-7H,1,4,9H2,2H3/b6-5-,8-7-. The van der Waals surface area contributed by atoms with Gasteiger partial charge < -0.3 is 5.73 Å². The molecule has 0 bridgehead atoms. The maximum Gasteiger partial charge on any atom is -0.00298 e. The van der Waals surface area contributed by atoms with Crippen LogP contribution in [0.5, 0.6) is 0 Å². The molecule has 0 aliphatic rings. The van der Waals surface area contributed by atoms with Crippen molar-refractivity contribution in [3.63, 3.8) is 0 Å². The van der Waals surface area contributed by atoms with Gasteiger partial charge in [-0.25, -0.2) is 0 Å².